The van der Waals surface area contributed by atoms with E-state index < -0.39 is 6.43 Å². The van der Waals surface area contributed by atoms with Gasteiger partial charge in [0.25, 0.3) is 6.43 Å². The molecule has 1 aromatic heterocycles. The Labute approximate surface area is 93.4 Å². The van der Waals surface area contributed by atoms with Crippen LogP contribution in [0.1, 0.15) is 17.8 Å². The van der Waals surface area contributed by atoms with Gasteiger partial charge in [-0.1, -0.05) is 27.5 Å². The Hall–Kier alpha value is -0.420. The van der Waals surface area contributed by atoms with Crippen LogP contribution in [0.3, 0.4) is 0 Å². The van der Waals surface area contributed by atoms with Crippen LogP contribution in [0.15, 0.2) is 6.07 Å². The summed E-state index contributed by atoms with van der Waals surface area (Å²) in [5.74, 6) is 0.00898. The molecule has 0 atom stereocenters. The van der Waals surface area contributed by atoms with Crippen molar-refractivity contribution in [1.82, 2.24) is 4.98 Å². The van der Waals surface area contributed by atoms with Crippen LogP contribution in [0.4, 0.5) is 8.78 Å². The zero-order valence-electron chi connectivity index (χ0n) is 7.23. The quantitative estimate of drug-likeness (QED) is 0.792. The van der Waals surface area contributed by atoms with Crippen LogP contribution in [-0.4, -0.2) is 12.1 Å². The zero-order valence-corrected chi connectivity index (χ0v) is 9.57. The molecule has 0 bridgehead atoms. The summed E-state index contributed by atoms with van der Waals surface area (Å²) < 4.78 is 29.7. The van der Waals surface area contributed by atoms with Crippen molar-refractivity contribution in [3.8, 4) is 5.75 Å². The van der Waals surface area contributed by atoms with E-state index in [0.717, 1.165) is 0 Å². The maximum atomic E-state index is 12.5. The highest BCUT2D eigenvalue weighted by atomic mass is 79.9. The highest BCUT2D eigenvalue weighted by Crippen LogP contribution is 2.31. The maximum Gasteiger partial charge on any atom is 0.284 e. The number of nitrogens with zero attached hydrogens (tertiary/aromatic N) is 1. The van der Waals surface area contributed by atoms with Gasteiger partial charge >= 0.3 is 0 Å². The minimum Gasteiger partial charge on any atom is -0.495 e. The Morgan fingerprint density at radius 1 is 1.64 bits per heavy atom. The predicted molar refractivity (Wildman–Crippen MR) is 53.4 cm³/mol. The van der Waals surface area contributed by atoms with Crippen LogP contribution in [0.25, 0.3) is 0 Å². The third kappa shape index (κ3) is 2.33. The van der Waals surface area contributed by atoms with Crippen molar-refractivity contribution in [2.75, 3.05) is 7.11 Å². The fourth-order valence-electron chi connectivity index (χ4n) is 0.940. The molecular formula is C8H7BrClF2NO. The van der Waals surface area contributed by atoms with Gasteiger partial charge in [0.15, 0.2) is 0 Å². The molecule has 14 heavy (non-hydrogen) atoms. The van der Waals surface area contributed by atoms with E-state index in [0.29, 0.717) is 16.0 Å². The van der Waals surface area contributed by atoms with Crippen LogP contribution in [-0.2, 0) is 5.33 Å². The Kier molecular flexibility index (Phi) is 4.07. The molecule has 1 rings (SSSR count). The van der Waals surface area contributed by atoms with Crippen molar-refractivity contribution in [1.29, 1.82) is 0 Å². The minimum atomic E-state index is -2.67. The molecule has 0 amide bonds. The second kappa shape index (κ2) is 4.89. The first kappa shape index (κ1) is 11.7. The van der Waals surface area contributed by atoms with Crippen LogP contribution >= 0.6 is 27.5 Å². The summed E-state index contributed by atoms with van der Waals surface area (Å²) in [6, 6.07) is 1.34. The Balaban J connectivity index is 3.25. The molecule has 0 aromatic carbocycles. The molecule has 0 radical (unpaired) electrons. The van der Waals surface area contributed by atoms with Gasteiger partial charge in [0, 0.05) is 11.4 Å². The van der Waals surface area contributed by atoms with Crippen molar-refractivity contribution in [2.45, 2.75) is 11.8 Å². The molecule has 1 heterocycles. The number of halogens is 4. The average molecular weight is 287 g/mol. The van der Waals surface area contributed by atoms with Gasteiger partial charge < -0.3 is 4.74 Å². The first-order valence-electron chi connectivity index (χ1n) is 3.67. The Morgan fingerprint density at radius 3 is 2.71 bits per heavy atom. The van der Waals surface area contributed by atoms with E-state index in [1.807, 2.05) is 0 Å². The molecule has 0 aliphatic carbocycles. The smallest absolute Gasteiger partial charge is 0.284 e. The van der Waals surface area contributed by atoms with E-state index in [1.54, 1.807) is 0 Å². The number of hydrogen-bond donors (Lipinski definition) is 0. The van der Waals surface area contributed by atoms with Gasteiger partial charge in [0.1, 0.15) is 11.4 Å². The van der Waals surface area contributed by atoms with Gasteiger partial charge in [-0.25, -0.2) is 13.8 Å². The second-order valence-corrected chi connectivity index (χ2v) is 3.41. The monoisotopic (exact) mass is 285 g/mol. The van der Waals surface area contributed by atoms with Crippen molar-refractivity contribution in [3.63, 3.8) is 0 Å². The van der Waals surface area contributed by atoms with Gasteiger partial charge in [-0.2, -0.15) is 0 Å². The fraction of sp³-hybridized carbons (Fsp3) is 0.375. The minimum absolute atomic E-state index is 0.00898. The predicted octanol–water partition coefficient (Wildman–Crippen LogP) is 3.58. The topological polar surface area (TPSA) is 22.1 Å². The molecule has 2 nitrogen and oxygen atoms in total. The molecule has 78 valence electrons. The largest absolute Gasteiger partial charge is 0.495 e. The van der Waals surface area contributed by atoms with Crippen molar-refractivity contribution < 1.29 is 13.5 Å². The summed E-state index contributed by atoms with van der Waals surface area (Å²) in [4.78, 5) is 3.71. The zero-order chi connectivity index (χ0) is 10.7. The SMILES string of the molecule is COc1cc(Cl)c(CBr)nc1C(F)F. The lowest BCUT2D eigenvalue weighted by Crippen LogP contribution is -2.00. The molecule has 0 N–H and O–H groups in total. The second-order valence-electron chi connectivity index (χ2n) is 2.44. The average Bonchev–Trinajstić information content (AvgIpc) is 2.16. The molecule has 0 unspecified atom stereocenters. The van der Waals surface area contributed by atoms with Crippen molar-refractivity contribution in [2.24, 2.45) is 0 Å². The van der Waals surface area contributed by atoms with Gasteiger partial charge in [-0.05, 0) is 0 Å². The molecule has 1 aromatic rings. The lowest BCUT2D eigenvalue weighted by atomic mass is 10.3. The van der Waals surface area contributed by atoms with E-state index in [9.17, 15) is 8.78 Å². The number of alkyl halides is 3. The highest BCUT2D eigenvalue weighted by molar-refractivity contribution is 9.08. The normalized spacial score (nSPS) is 10.7. The number of hydrogen-bond acceptors (Lipinski definition) is 2. The van der Waals surface area contributed by atoms with E-state index in [1.165, 1.54) is 13.2 Å². The lowest BCUT2D eigenvalue weighted by Gasteiger charge is -2.09. The standard InChI is InChI=1S/C8H7BrClF2NO/c1-14-6-2-4(10)5(3-9)13-7(6)8(11)12/h2,8H,3H2,1H3. The Morgan fingerprint density at radius 2 is 2.29 bits per heavy atom. The fourth-order valence-corrected chi connectivity index (χ4v) is 1.74. The number of methoxy groups -OCH3 is 1. The van der Waals surface area contributed by atoms with Crippen LogP contribution in [0.2, 0.25) is 5.02 Å². The summed E-state index contributed by atoms with van der Waals surface area (Å²) >= 11 is 8.87. The number of aromatic nitrogens is 1. The molecule has 6 heteroatoms. The van der Waals surface area contributed by atoms with E-state index in [-0.39, 0.29) is 11.4 Å². The third-order valence-electron chi connectivity index (χ3n) is 1.59. The summed E-state index contributed by atoms with van der Waals surface area (Å²) in [6.45, 7) is 0. The summed E-state index contributed by atoms with van der Waals surface area (Å²) in [6.07, 6.45) is -2.67. The number of rotatable bonds is 3. The summed E-state index contributed by atoms with van der Waals surface area (Å²) in [7, 11) is 1.30. The first-order valence-corrected chi connectivity index (χ1v) is 5.17. The summed E-state index contributed by atoms with van der Waals surface area (Å²) in [5.41, 5.74) is -0.00545. The van der Waals surface area contributed by atoms with Crippen molar-refractivity contribution >= 4 is 27.5 Å². The molecule has 0 spiro atoms. The molecular weight excluding hydrogens is 279 g/mol. The number of pyridine rings is 1. The lowest BCUT2D eigenvalue weighted by molar-refractivity contribution is 0.141. The van der Waals surface area contributed by atoms with E-state index in [4.69, 9.17) is 16.3 Å². The molecule has 0 aliphatic rings. The Bertz CT molecular complexity index is 335. The highest BCUT2D eigenvalue weighted by Gasteiger charge is 2.18. The molecule has 0 aliphatic heterocycles. The van der Waals surface area contributed by atoms with Gasteiger partial charge in [-0.3, -0.25) is 0 Å². The first-order chi connectivity index (χ1) is 6.60. The van der Waals surface area contributed by atoms with Gasteiger partial charge in [0.2, 0.25) is 0 Å². The van der Waals surface area contributed by atoms with Gasteiger partial charge in [0.05, 0.1) is 17.8 Å². The van der Waals surface area contributed by atoms with Crippen LogP contribution in [0.5, 0.6) is 5.75 Å². The molecule has 0 saturated heterocycles. The number of ether oxygens (including phenoxy) is 1. The molecule has 0 saturated carbocycles. The summed E-state index contributed by atoms with van der Waals surface area (Å²) in [5, 5.41) is 0.637. The maximum absolute atomic E-state index is 12.5. The molecule has 0 fully saturated rings. The van der Waals surface area contributed by atoms with Gasteiger partial charge in [-0.15, -0.1) is 0 Å². The van der Waals surface area contributed by atoms with Crippen LogP contribution < -0.4 is 4.74 Å². The van der Waals surface area contributed by atoms with E-state index in [2.05, 4.69) is 20.9 Å². The van der Waals surface area contributed by atoms with Crippen molar-refractivity contribution in [3.05, 3.63) is 22.5 Å². The van der Waals surface area contributed by atoms with Crippen LogP contribution in [0, 0.1) is 0 Å². The third-order valence-corrected chi connectivity index (χ3v) is 2.45. The van der Waals surface area contributed by atoms with E-state index >= 15 is 0 Å².